The Morgan fingerprint density at radius 1 is 1.14 bits per heavy atom. The van der Waals surface area contributed by atoms with E-state index in [0.29, 0.717) is 22.9 Å². The van der Waals surface area contributed by atoms with Crippen LogP contribution in [0.2, 0.25) is 0 Å². The summed E-state index contributed by atoms with van der Waals surface area (Å²) in [5.41, 5.74) is 0.646. The summed E-state index contributed by atoms with van der Waals surface area (Å²) in [5.74, 6) is 0.531. The molecule has 0 amide bonds. The fourth-order valence-electron chi connectivity index (χ4n) is 3.82. The van der Waals surface area contributed by atoms with Crippen molar-refractivity contribution in [3.8, 4) is 0 Å². The second-order valence-corrected chi connectivity index (χ2v) is 8.07. The van der Waals surface area contributed by atoms with Gasteiger partial charge in [0.2, 0.25) is 10.0 Å². The van der Waals surface area contributed by atoms with Gasteiger partial charge >= 0.3 is 0 Å². The van der Waals surface area contributed by atoms with E-state index in [4.69, 9.17) is 0 Å². The largest absolute Gasteiger partial charge is 0.392 e. The lowest BCUT2D eigenvalue weighted by Crippen LogP contribution is -2.39. The topological polar surface area (TPSA) is 57.6 Å². The first kappa shape index (κ1) is 15.0. The Bertz CT molecular complexity index is 593. The molecule has 1 saturated heterocycles. The van der Waals surface area contributed by atoms with E-state index in [2.05, 4.69) is 0 Å². The van der Waals surface area contributed by atoms with Crippen molar-refractivity contribution in [2.45, 2.75) is 56.1 Å². The first-order valence-electron chi connectivity index (χ1n) is 7.84. The molecule has 2 fully saturated rings. The third kappa shape index (κ3) is 2.87. The molecule has 1 heterocycles. The maximum Gasteiger partial charge on any atom is 0.243 e. The Balaban J connectivity index is 1.89. The second kappa shape index (κ2) is 6.07. The van der Waals surface area contributed by atoms with Crippen molar-refractivity contribution in [2.24, 2.45) is 5.92 Å². The Hall–Kier alpha value is -0.910. The van der Waals surface area contributed by atoms with E-state index in [0.717, 1.165) is 25.7 Å². The van der Waals surface area contributed by atoms with Gasteiger partial charge in [0.1, 0.15) is 0 Å². The molecule has 4 nitrogen and oxygen atoms in total. The zero-order chi connectivity index (χ0) is 14.9. The smallest absolute Gasteiger partial charge is 0.243 e. The number of aliphatic hydroxyl groups excluding tert-OH is 1. The molecular weight excluding hydrogens is 286 g/mol. The highest BCUT2D eigenvalue weighted by Gasteiger charge is 2.40. The van der Waals surface area contributed by atoms with Crippen molar-refractivity contribution in [3.05, 3.63) is 29.8 Å². The normalized spacial score (nSPS) is 24.7. The monoisotopic (exact) mass is 309 g/mol. The molecule has 1 aliphatic carbocycles. The Kier molecular flexibility index (Phi) is 4.33. The number of rotatable bonds is 4. The van der Waals surface area contributed by atoms with Gasteiger partial charge in [-0.05, 0) is 49.3 Å². The summed E-state index contributed by atoms with van der Waals surface area (Å²) in [4.78, 5) is 0.318. The molecule has 0 spiro atoms. The van der Waals surface area contributed by atoms with E-state index in [-0.39, 0.29) is 12.6 Å². The van der Waals surface area contributed by atoms with Gasteiger partial charge in [-0.15, -0.1) is 0 Å². The van der Waals surface area contributed by atoms with Crippen LogP contribution in [0.4, 0.5) is 0 Å². The summed E-state index contributed by atoms with van der Waals surface area (Å²) in [6.45, 7) is 0.502. The van der Waals surface area contributed by atoms with Gasteiger partial charge in [-0.1, -0.05) is 25.0 Å². The van der Waals surface area contributed by atoms with Crippen molar-refractivity contribution in [3.63, 3.8) is 0 Å². The number of hydrogen-bond donors (Lipinski definition) is 1. The fourth-order valence-corrected chi connectivity index (χ4v) is 5.64. The summed E-state index contributed by atoms with van der Waals surface area (Å²) in [7, 11) is -3.44. The quantitative estimate of drug-likeness (QED) is 0.930. The third-order valence-electron chi connectivity index (χ3n) is 4.88. The first-order valence-corrected chi connectivity index (χ1v) is 9.28. The summed E-state index contributed by atoms with van der Waals surface area (Å²) in [6, 6.07) is 6.87. The molecule has 1 aromatic carbocycles. The molecular formula is C16H23NO3S. The number of aliphatic hydroxyl groups is 1. The van der Waals surface area contributed by atoms with E-state index in [1.54, 1.807) is 28.6 Å². The van der Waals surface area contributed by atoms with Crippen LogP contribution in [0.3, 0.4) is 0 Å². The number of sulfonamides is 1. The zero-order valence-electron chi connectivity index (χ0n) is 12.2. The van der Waals surface area contributed by atoms with Crippen LogP contribution in [0.1, 0.15) is 44.1 Å². The van der Waals surface area contributed by atoms with Gasteiger partial charge in [-0.2, -0.15) is 4.31 Å². The van der Waals surface area contributed by atoms with Gasteiger partial charge in [-0.25, -0.2) is 8.42 Å². The summed E-state index contributed by atoms with van der Waals surface area (Å²) in [6.07, 6.45) is 6.73. The van der Waals surface area contributed by atoms with Crippen LogP contribution in [0.15, 0.2) is 29.2 Å². The highest BCUT2D eigenvalue weighted by atomic mass is 32.2. The molecule has 1 aromatic rings. The minimum Gasteiger partial charge on any atom is -0.392 e. The maximum atomic E-state index is 12.9. The van der Waals surface area contributed by atoms with Crippen LogP contribution >= 0.6 is 0 Å². The maximum absolute atomic E-state index is 12.9. The Morgan fingerprint density at radius 3 is 2.62 bits per heavy atom. The van der Waals surface area contributed by atoms with E-state index in [1.165, 1.54) is 12.8 Å². The number of hydrogen-bond acceptors (Lipinski definition) is 3. The number of benzene rings is 1. The first-order chi connectivity index (χ1) is 10.1. The fraction of sp³-hybridized carbons (Fsp3) is 0.625. The van der Waals surface area contributed by atoms with E-state index >= 15 is 0 Å². The molecule has 0 radical (unpaired) electrons. The molecule has 5 heteroatoms. The SMILES string of the molecule is O=S(=O)(c1cccc(CO)c1)N1CCCC1C1CCCC1. The van der Waals surface area contributed by atoms with Crippen molar-refractivity contribution in [1.82, 2.24) is 4.31 Å². The summed E-state index contributed by atoms with van der Waals surface area (Å²) < 4.78 is 27.5. The van der Waals surface area contributed by atoms with Crippen molar-refractivity contribution in [1.29, 1.82) is 0 Å². The van der Waals surface area contributed by atoms with Gasteiger partial charge in [-0.3, -0.25) is 0 Å². The predicted octanol–water partition coefficient (Wildman–Crippen LogP) is 2.52. The molecule has 2 aliphatic rings. The highest BCUT2D eigenvalue weighted by molar-refractivity contribution is 7.89. The Morgan fingerprint density at radius 2 is 1.90 bits per heavy atom. The molecule has 0 aromatic heterocycles. The van der Waals surface area contributed by atoms with E-state index in [9.17, 15) is 13.5 Å². The van der Waals surface area contributed by atoms with Gasteiger partial charge in [0.15, 0.2) is 0 Å². The van der Waals surface area contributed by atoms with Gasteiger partial charge in [0.25, 0.3) is 0 Å². The minimum absolute atomic E-state index is 0.130. The second-order valence-electron chi connectivity index (χ2n) is 6.18. The van der Waals surface area contributed by atoms with Crippen LogP contribution in [0, 0.1) is 5.92 Å². The zero-order valence-corrected chi connectivity index (χ0v) is 13.1. The average Bonchev–Trinajstić information content (AvgIpc) is 3.17. The molecule has 1 N–H and O–H groups in total. The van der Waals surface area contributed by atoms with Crippen LogP contribution < -0.4 is 0 Å². The van der Waals surface area contributed by atoms with E-state index < -0.39 is 10.0 Å². The van der Waals surface area contributed by atoms with Gasteiger partial charge < -0.3 is 5.11 Å². The minimum atomic E-state index is -3.44. The Labute approximate surface area is 126 Å². The molecule has 1 aliphatic heterocycles. The van der Waals surface area contributed by atoms with Crippen LogP contribution in [-0.4, -0.2) is 30.4 Å². The molecule has 3 rings (SSSR count). The summed E-state index contributed by atoms with van der Waals surface area (Å²) >= 11 is 0. The van der Waals surface area contributed by atoms with Gasteiger partial charge in [0, 0.05) is 12.6 Å². The summed E-state index contributed by atoms with van der Waals surface area (Å²) in [5, 5.41) is 9.21. The van der Waals surface area contributed by atoms with Crippen molar-refractivity contribution >= 4 is 10.0 Å². The lowest BCUT2D eigenvalue weighted by atomic mass is 9.97. The standard InChI is InChI=1S/C16H23NO3S/c18-12-13-5-3-8-15(11-13)21(19,20)17-10-4-9-16(17)14-6-1-2-7-14/h3,5,8,11,14,16,18H,1-2,4,6-7,9-10,12H2. The predicted molar refractivity (Wildman–Crippen MR) is 81.2 cm³/mol. The lowest BCUT2D eigenvalue weighted by molar-refractivity contribution is 0.281. The molecule has 1 unspecified atom stereocenters. The van der Waals surface area contributed by atoms with Crippen LogP contribution in [-0.2, 0) is 16.6 Å². The van der Waals surface area contributed by atoms with Crippen molar-refractivity contribution < 1.29 is 13.5 Å². The molecule has 21 heavy (non-hydrogen) atoms. The number of nitrogens with zero attached hydrogens (tertiary/aromatic N) is 1. The van der Waals surface area contributed by atoms with E-state index in [1.807, 2.05) is 0 Å². The highest BCUT2D eigenvalue weighted by Crippen LogP contribution is 2.38. The third-order valence-corrected chi connectivity index (χ3v) is 6.80. The lowest BCUT2D eigenvalue weighted by Gasteiger charge is -2.28. The van der Waals surface area contributed by atoms with Crippen LogP contribution in [0.5, 0.6) is 0 Å². The molecule has 116 valence electrons. The molecule has 0 bridgehead atoms. The molecule has 1 saturated carbocycles. The van der Waals surface area contributed by atoms with Crippen LogP contribution in [0.25, 0.3) is 0 Å². The molecule has 1 atom stereocenters. The van der Waals surface area contributed by atoms with Gasteiger partial charge in [0.05, 0.1) is 11.5 Å². The average molecular weight is 309 g/mol. The van der Waals surface area contributed by atoms with Crippen molar-refractivity contribution in [2.75, 3.05) is 6.54 Å².